The molecule has 0 saturated carbocycles. The molecule has 0 aromatic heterocycles. The number of allylic oxidation sites excluding steroid dienone is 2. The summed E-state index contributed by atoms with van der Waals surface area (Å²) < 4.78 is 29.6. The van der Waals surface area contributed by atoms with Crippen LogP contribution in [0.2, 0.25) is 0 Å². The van der Waals surface area contributed by atoms with E-state index in [4.69, 9.17) is 0 Å². The number of carboxylic acid groups (broad SMARTS) is 1. The fourth-order valence-electron chi connectivity index (χ4n) is 5.42. The van der Waals surface area contributed by atoms with Crippen LogP contribution in [-0.4, -0.2) is 19.5 Å². The van der Waals surface area contributed by atoms with Gasteiger partial charge in [-0.2, -0.15) is 0 Å². The first-order valence-corrected chi connectivity index (χ1v) is 13.3. The summed E-state index contributed by atoms with van der Waals surface area (Å²) >= 11 is 0. The monoisotopic (exact) mass is 496 g/mol. The van der Waals surface area contributed by atoms with Gasteiger partial charge >= 0.3 is 5.97 Å². The molecule has 0 radical (unpaired) electrons. The van der Waals surface area contributed by atoms with Gasteiger partial charge in [-0.15, -0.1) is 0 Å². The van der Waals surface area contributed by atoms with Gasteiger partial charge in [0.25, 0.3) is 10.0 Å². The number of carboxylic acids is 1. The van der Waals surface area contributed by atoms with Crippen molar-refractivity contribution in [2.75, 3.05) is 10.0 Å². The van der Waals surface area contributed by atoms with Gasteiger partial charge in [0.15, 0.2) is 0 Å². The van der Waals surface area contributed by atoms with Crippen LogP contribution in [-0.2, 0) is 10.0 Å². The van der Waals surface area contributed by atoms with Gasteiger partial charge in [0, 0.05) is 17.0 Å². The molecule has 3 atom stereocenters. The SMILES string of the molecule is O=C(O)c1ccc([C@@H]2Nc3ccc(S(=O)(=O)Nc4cccc5ccccc45)cc3[C@@H]3C=CC[C@@H]32)cc1. The molecule has 2 aliphatic rings. The zero-order valence-electron chi connectivity index (χ0n) is 19.3. The highest BCUT2D eigenvalue weighted by molar-refractivity contribution is 7.92. The maximum atomic E-state index is 13.4. The first-order chi connectivity index (χ1) is 17.4. The van der Waals surface area contributed by atoms with Crippen LogP contribution in [0, 0.1) is 5.92 Å². The molecule has 0 spiro atoms. The van der Waals surface area contributed by atoms with Crippen molar-refractivity contribution >= 4 is 38.1 Å². The molecule has 7 heteroatoms. The molecule has 1 heterocycles. The molecule has 6 nitrogen and oxygen atoms in total. The van der Waals surface area contributed by atoms with Gasteiger partial charge in [0.05, 0.1) is 22.2 Å². The minimum absolute atomic E-state index is 0.00314. The van der Waals surface area contributed by atoms with E-state index in [0.29, 0.717) is 5.69 Å². The van der Waals surface area contributed by atoms with Crippen LogP contribution in [0.15, 0.2) is 102 Å². The number of sulfonamides is 1. The van der Waals surface area contributed by atoms with Crippen LogP contribution in [0.3, 0.4) is 0 Å². The highest BCUT2D eigenvalue weighted by atomic mass is 32.2. The summed E-state index contributed by atoms with van der Waals surface area (Å²) in [7, 11) is -3.80. The number of rotatable bonds is 5. The standard InChI is InChI=1S/C29H24N2O4S/c32-29(33)20-13-11-19(12-14-20)28-24-9-4-8-23(24)25-17-21(15-16-26(25)30-28)36(34,35)31-27-10-3-6-18-5-1-2-7-22(18)27/h1-8,10-17,23-24,28,30-31H,9H2,(H,32,33)/t23-,24+,28+/m1/s1. The smallest absolute Gasteiger partial charge is 0.335 e. The molecule has 6 rings (SSSR count). The van der Waals surface area contributed by atoms with Gasteiger partial charge in [0.2, 0.25) is 0 Å². The summed E-state index contributed by atoms with van der Waals surface area (Å²) in [6.07, 6.45) is 5.14. The summed E-state index contributed by atoms with van der Waals surface area (Å²) in [6.45, 7) is 0. The summed E-state index contributed by atoms with van der Waals surface area (Å²) in [4.78, 5) is 11.5. The minimum Gasteiger partial charge on any atom is -0.478 e. The Bertz CT molecular complexity index is 1620. The number of benzene rings is 4. The summed E-state index contributed by atoms with van der Waals surface area (Å²) in [5.41, 5.74) is 3.66. The third kappa shape index (κ3) is 3.82. The zero-order valence-corrected chi connectivity index (χ0v) is 20.1. The Balaban J connectivity index is 1.33. The van der Waals surface area contributed by atoms with Crippen LogP contribution in [0.25, 0.3) is 10.8 Å². The van der Waals surface area contributed by atoms with Gasteiger partial charge in [-0.3, -0.25) is 4.72 Å². The topological polar surface area (TPSA) is 95.5 Å². The van der Waals surface area contributed by atoms with E-state index in [9.17, 15) is 18.3 Å². The maximum absolute atomic E-state index is 13.4. The number of anilines is 2. The third-order valence-electron chi connectivity index (χ3n) is 7.20. The minimum atomic E-state index is -3.80. The largest absolute Gasteiger partial charge is 0.478 e. The number of aromatic carboxylic acids is 1. The lowest BCUT2D eigenvalue weighted by Gasteiger charge is -2.37. The van der Waals surface area contributed by atoms with Gasteiger partial charge < -0.3 is 10.4 Å². The third-order valence-corrected chi connectivity index (χ3v) is 8.56. The lowest BCUT2D eigenvalue weighted by molar-refractivity contribution is 0.0697. The molecule has 0 fully saturated rings. The normalized spacial score (nSPS) is 20.4. The second-order valence-electron chi connectivity index (χ2n) is 9.28. The lowest BCUT2D eigenvalue weighted by atomic mass is 9.77. The van der Waals surface area contributed by atoms with E-state index in [2.05, 4.69) is 22.2 Å². The molecule has 0 saturated heterocycles. The van der Waals surface area contributed by atoms with Crippen molar-refractivity contribution in [3.05, 3.63) is 114 Å². The van der Waals surface area contributed by atoms with Crippen LogP contribution in [0.5, 0.6) is 0 Å². The maximum Gasteiger partial charge on any atom is 0.335 e. The van der Waals surface area contributed by atoms with Crippen molar-refractivity contribution in [2.24, 2.45) is 5.92 Å². The van der Waals surface area contributed by atoms with Gasteiger partial charge in [0.1, 0.15) is 0 Å². The molecule has 1 aliphatic carbocycles. The Kier molecular flexibility index (Phi) is 5.30. The molecule has 36 heavy (non-hydrogen) atoms. The predicted molar refractivity (Wildman–Crippen MR) is 141 cm³/mol. The summed E-state index contributed by atoms with van der Waals surface area (Å²) in [5.74, 6) is -0.676. The Morgan fingerprint density at radius 1 is 0.944 bits per heavy atom. The number of fused-ring (bicyclic) bond motifs is 4. The highest BCUT2D eigenvalue weighted by Gasteiger charge is 2.38. The average molecular weight is 497 g/mol. The van der Waals surface area contributed by atoms with E-state index in [1.54, 1.807) is 30.3 Å². The highest BCUT2D eigenvalue weighted by Crippen LogP contribution is 2.50. The average Bonchev–Trinajstić information content (AvgIpc) is 3.38. The van der Waals surface area contributed by atoms with E-state index >= 15 is 0 Å². The number of hydrogen-bond donors (Lipinski definition) is 3. The van der Waals surface area contributed by atoms with Crippen molar-refractivity contribution in [3.63, 3.8) is 0 Å². The summed E-state index contributed by atoms with van der Waals surface area (Å²) in [5, 5.41) is 14.6. The van der Waals surface area contributed by atoms with Crippen molar-refractivity contribution in [1.29, 1.82) is 0 Å². The molecular formula is C29H24N2O4S. The van der Waals surface area contributed by atoms with E-state index < -0.39 is 16.0 Å². The fraction of sp³-hybridized carbons (Fsp3) is 0.138. The lowest BCUT2D eigenvalue weighted by Crippen LogP contribution is -2.29. The first kappa shape index (κ1) is 22.4. The molecule has 1 aliphatic heterocycles. The fourth-order valence-corrected chi connectivity index (χ4v) is 6.54. The molecule has 180 valence electrons. The van der Waals surface area contributed by atoms with E-state index in [1.807, 2.05) is 54.6 Å². The molecular weight excluding hydrogens is 472 g/mol. The molecule has 3 N–H and O–H groups in total. The zero-order chi connectivity index (χ0) is 24.9. The van der Waals surface area contributed by atoms with Crippen LogP contribution < -0.4 is 10.0 Å². The van der Waals surface area contributed by atoms with Crippen molar-refractivity contribution in [3.8, 4) is 0 Å². The van der Waals surface area contributed by atoms with Crippen molar-refractivity contribution in [1.82, 2.24) is 0 Å². The van der Waals surface area contributed by atoms with Gasteiger partial charge in [-0.05, 0) is 65.3 Å². The van der Waals surface area contributed by atoms with Crippen molar-refractivity contribution in [2.45, 2.75) is 23.3 Å². The van der Waals surface area contributed by atoms with Crippen LogP contribution in [0.4, 0.5) is 11.4 Å². The molecule has 4 aromatic carbocycles. The molecule has 0 bridgehead atoms. The van der Waals surface area contributed by atoms with Crippen molar-refractivity contribution < 1.29 is 18.3 Å². The van der Waals surface area contributed by atoms with E-state index in [1.165, 1.54) is 0 Å². The van der Waals surface area contributed by atoms with E-state index in [-0.39, 0.29) is 28.3 Å². The quantitative estimate of drug-likeness (QED) is 0.287. The molecule has 4 aromatic rings. The number of hydrogen-bond acceptors (Lipinski definition) is 4. The predicted octanol–water partition coefficient (Wildman–Crippen LogP) is 6.17. The Hall–Kier alpha value is -4.10. The van der Waals surface area contributed by atoms with Gasteiger partial charge in [-0.25, -0.2) is 13.2 Å². The Labute approximate surface area is 209 Å². The van der Waals surface area contributed by atoms with Gasteiger partial charge in [-0.1, -0.05) is 60.7 Å². The second-order valence-corrected chi connectivity index (χ2v) is 11.0. The van der Waals surface area contributed by atoms with Crippen LogP contribution >= 0.6 is 0 Å². The molecule has 0 amide bonds. The number of nitrogens with one attached hydrogen (secondary N) is 2. The Morgan fingerprint density at radius 2 is 1.72 bits per heavy atom. The Morgan fingerprint density at radius 3 is 2.53 bits per heavy atom. The second kappa shape index (κ2) is 8.53. The van der Waals surface area contributed by atoms with Crippen LogP contribution in [0.1, 0.15) is 39.9 Å². The van der Waals surface area contributed by atoms with E-state index in [0.717, 1.165) is 34.0 Å². The number of carbonyl (C=O) groups is 1. The molecule has 0 unspecified atom stereocenters. The summed E-state index contributed by atoms with van der Waals surface area (Å²) in [6, 6.07) is 25.4. The first-order valence-electron chi connectivity index (χ1n) is 11.8.